The Morgan fingerprint density at radius 1 is 1.20 bits per heavy atom. The standard InChI is InChI=1S/C15H18BrNO2S/c1-2-9-18-11-5-3-4-6-12(11)19-13(10-17)14-7-8-15(16)20-14/h3-8,13H,2,9-10,17H2,1H3. The summed E-state index contributed by atoms with van der Waals surface area (Å²) in [6, 6.07) is 11.7. The number of ether oxygens (including phenoxy) is 2. The van der Waals surface area contributed by atoms with Crippen LogP contribution in [0.2, 0.25) is 0 Å². The van der Waals surface area contributed by atoms with Gasteiger partial charge in [0.1, 0.15) is 6.10 Å². The fraction of sp³-hybridized carbons (Fsp3) is 0.333. The molecule has 1 atom stereocenters. The summed E-state index contributed by atoms with van der Waals surface area (Å²) in [4.78, 5) is 1.10. The van der Waals surface area contributed by atoms with Gasteiger partial charge in [0.05, 0.1) is 10.4 Å². The van der Waals surface area contributed by atoms with E-state index in [1.807, 2.05) is 36.4 Å². The van der Waals surface area contributed by atoms with Gasteiger partial charge in [0, 0.05) is 11.4 Å². The van der Waals surface area contributed by atoms with E-state index >= 15 is 0 Å². The summed E-state index contributed by atoms with van der Waals surface area (Å²) in [6.45, 7) is 3.18. The Bertz CT molecular complexity index is 544. The maximum Gasteiger partial charge on any atom is 0.162 e. The van der Waals surface area contributed by atoms with Gasteiger partial charge in [-0.25, -0.2) is 0 Å². The Balaban J connectivity index is 2.15. The van der Waals surface area contributed by atoms with Gasteiger partial charge in [-0.15, -0.1) is 11.3 Å². The zero-order chi connectivity index (χ0) is 14.4. The quantitative estimate of drug-likeness (QED) is 0.801. The minimum absolute atomic E-state index is 0.155. The zero-order valence-corrected chi connectivity index (χ0v) is 13.7. The first-order chi connectivity index (χ1) is 9.74. The Morgan fingerprint density at radius 2 is 1.95 bits per heavy atom. The smallest absolute Gasteiger partial charge is 0.162 e. The third-order valence-corrected chi connectivity index (χ3v) is 4.42. The van der Waals surface area contributed by atoms with E-state index in [1.165, 1.54) is 0 Å². The van der Waals surface area contributed by atoms with Gasteiger partial charge in [0.2, 0.25) is 0 Å². The van der Waals surface area contributed by atoms with Crippen LogP contribution in [0, 0.1) is 0 Å². The van der Waals surface area contributed by atoms with Gasteiger partial charge in [-0.1, -0.05) is 19.1 Å². The van der Waals surface area contributed by atoms with Crippen molar-refractivity contribution in [3.8, 4) is 11.5 Å². The van der Waals surface area contributed by atoms with Gasteiger partial charge >= 0.3 is 0 Å². The van der Waals surface area contributed by atoms with Gasteiger partial charge in [0.25, 0.3) is 0 Å². The molecule has 0 aliphatic rings. The largest absolute Gasteiger partial charge is 0.490 e. The predicted molar refractivity (Wildman–Crippen MR) is 86.7 cm³/mol. The molecule has 2 rings (SSSR count). The molecule has 1 aromatic carbocycles. The number of para-hydroxylation sites is 2. The molecule has 0 aliphatic heterocycles. The first-order valence-electron chi connectivity index (χ1n) is 6.58. The fourth-order valence-corrected chi connectivity index (χ4v) is 3.22. The van der Waals surface area contributed by atoms with E-state index in [0.29, 0.717) is 13.2 Å². The van der Waals surface area contributed by atoms with Crippen molar-refractivity contribution in [1.29, 1.82) is 0 Å². The summed E-state index contributed by atoms with van der Waals surface area (Å²) in [6.07, 6.45) is 0.810. The molecular formula is C15H18BrNO2S. The second-order valence-electron chi connectivity index (χ2n) is 4.28. The molecule has 0 saturated carbocycles. The summed E-state index contributed by atoms with van der Waals surface area (Å²) in [5.74, 6) is 1.50. The van der Waals surface area contributed by atoms with Crippen molar-refractivity contribution in [1.82, 2.24) is 0 Å². The number of hydrogen-bond acceptors (Lipinski definition) is 4. The van der Waals surface area contributed by atoms with Crippen LogP contribution in [0.1, 0.15) is 24.3 Å². The van der Waals surface area contributed by atoms with Crippen molar-refractivity contribution in [2.45, 2.75) is 19.4 Å². The Hall–Kier alpha value is -1.04. The molecule has 0 aliphatic carbocycles. The normalized spacial score (nSPS) is 12.2. The lowest BCUT2D eigenvalue weighted by atomic mass is 10.2. The predicted octanol–water partition coefficient (Wildman–Crippen LogP) is 4.38. The average Bonchev–Trinajstić information content (AvgIpc) is 2.90. The van der Waals surface area contributed by atoms with Gasteiger partial charge in [-0.3, -0.25) is 0 Å². The molecule has 2 N–H and O–H groups in total. The molecule has 0 bridgehead atoms. The van der Waals surface area contributed by atoms with Crippen LogP contribution in [-0.2, 0) is 0 Å². The molecule has 20 heavy (non-hydrogen) atoms. The third kappa shape index (κ3) is 3.98. The van der Waals surface area contributed by atoms with Gasteiger partial charge in [0.15, 0.2) is 11.5 Å². The molecule has 2 aromatic rings. The maximum absolute atomic E-state index is 6.03. The molecule has 0 radical (unpaired) electrons. The fourth-order valence-electron chi connectivity index (χ4n) is 1.76. The van der Waals surface area contributed by atoms with Crippen molar-refractivity contribution in [3.63, 3.8) is 0 Å². The summed E-state index contributed by atoms with van der Waals surface area (Å²) in [7, 11) is 0. The minimum Gasteiger partial charge on any atom is -0.490 e. The Labute approximate surface area is 131 Å². The van der Waals surface area contributed by atoms with E-state index in [-0.39, 0.29) is 6.10 Å². The number of nitrogens with two attached hydrogens (primary N) is 1. The van der Waals surface area contributed by atoms with E-state index in [0.717, 1.165) is 26.6 Å². The van der Waals surface area contributed by atoms with Crippen molar-refractivity contribution in [3.05, 3.63) is 45.1 Å². The second-order valence-corrected chi connectivity index (χ2v) is 6.77. The van der Waals surface area contributed by atoms with Crippen LogP contribution in [0.25, 0.3) is 0 Å². The summed E-state index contributed by atoms with van der Waals surface area (Å²) >= 11 is 5.10. The summed E-state index contributed by atoms with van der Waals surface area (Å²) in [5, 5.41) is 0. The van der Waals surface area contributed by atoms with E-state index in [4.69, 9.17) is 15.2 Å². The highest BCUT2D eigenvalue weighted by Crippen LogP contribution is 2.34. The molecule has 1 aromatic heterocycles. The van der Waals surface area contributed by atoms with E-state index < -0.39 is 0 Å². The molecule has 0 amide bonds. The van der Waals surface area contributed by atoms with Crippen LogP contribution in [0.5, 0.6) is 11.5 Å². The van der Waals surface area contributed by atoms with Crippen molar-refractivity contribution >= 4 is 27.3 Å². The lowest BCUT2D eigenvalue weighted by Crippen LogP contribution is -2.17. The highest BCUT2D eigenvalue weighted by Gasteiger charge is 2.16. The van der Waals surface area contributed by atoms with Crippen LogP contribution in [0.3, 0.4) is 0 Å². The first kappa shape index (κ1) is 15.4. The highest BCUT2D eigenvalue weighted by atomic mass is 79.9. The summed E-state index contributed by atoms with van der Waals surface area (Å²) < 4.78 is 12.8. The number of benzene rings is 1. The minimum atomic E-state index is -0.155. The van der Waals surface area contributed by atoms with Crippen LogP contribution in [0.15, 0.2) is 40.2 Å². The van der Waals surface area contributed by atoms with Crippen LogP contribution < -0.4 is 15.2 Å². The third-order valence-electron chi connectivity index (χ3n) is 2.71. The maximum atomic E-state index is 6.03. The SMILES string of the molecule is CCCOc1ccccc1OC(CN)c1ccc(Br)s1. The van der Waals surface area contributed by atoms with E-state index in [1.54, 1.807) is 11.3 Å². The molecule has 1 heterocycles. The van der Waals surface area contributed by atoms with Crippen LogP contribution in [0.4, 0.5) is 0 Å². The topological polar surface area (TPSA) is 44.5 Å². The molecule has 0 fully saturated rings. The van der Waals surface area contributed by atoms with Gasteiger partial charge < -0.3 is 15.2 Å². The first-order valence-corrected chi connectivity index (χ1v) is 8.19. The molecule has 0 saturated heterocycles. The molecule has 3 nitrogen and oxygen atoms in total. The Kier molecular flexibility index (Phi) is 5.88. The van der Waals surface area contributed by atoms with Crippen LogP contribution in [-0.4, -0.2) is 13.2 Å². The molecule has 5 heteroatoms. The van der Waals surface area contributed by atoms with Crippen molar-refractivity contribution in [2.75, 3.05) is 13.2 Å². The van der Waals surface area contributed by atoms with Crippen molar-refractivity contribution in [2.24, 2.45) is 5.73 Å². The number of rotatable bonds is 7. The average molecular weight is 356 g/mol. The molecule has 0 spiro atoms. The molecule has 108 valence electrons. The second kappa shape index (κ2) is 7.67. The van der Waals surface area contributed by atoms with Crippen LogP contribution >= 0.6 is 27.3 Å². The monoisotopic (exact) mass is 355 g/mol. The highest BCUT2D eigenvalue weighted by molar-refractivity contribution is 9.11. The summed E-state index contributed by atoms with van der Waals surface area (Å²) in [5.41, 5.74) is 5.84. The zero-order valence-electron chi connectivity index (χ0n) is 11.3. The van der Waals surface area contributed by atoms with Crippen molar-refractivity contribution < 1.29 is 9.47 Å². The lowest BCUT2D eigenvalue weighted by Gasteiger charge is -2.18. The number of thiophene rings is 1. The van der Waals surface area contributed by atoms with Gasteiger partial charge in [-0.2, -0.15) is 0 Å². The Morgan fingerprint density at radius 3 is 2.55 bits per heavy atom. The lowest BCUT2D eigenvalue weighted by molar-refractivity contribution is 0.201. The number of halogens is 1. The van der Waals surface area contributed by atoms with E-state index in [9.17, 15) is 0 Å². The van der Waals surface area contributed by atoms with Gasteiger partial charge in [-0.05, 0) is 46.6 Å². The number of hydrogen-bond donors (Lipinski definition) is 1. The molecular weight excluding hydrogens is 338 g/mol. The molecule has 1 unspecified atom stereocenters. The van der Waals surface area contributed by atoms with E-state index in [2.05, 4.69) is 22.9 Å².